The number of rotatable bonds is 6. The van der Waals surface area contributed by atoms with Crippen molar-refractivity contribution in [1.29, 1.82) is 0 Å². The summed E-state index contributed by atoms with van der Waals surface area (Å²) in [6, 6.07) is 9.58. The van der Waals surface area contributed by atoms with Crippen molar-refractivity contribution in [2.45, 2.75) is 39.7 Å². The van der Waals surface area contributed by atoms with E-state index in [0.29, 0.717) is 5.92 Å². The lowest BCUT2D eigenvalue weighted by molar-refractivity contribution is -0.123. The Morgan fingerprint density at radius 2 is 2.05 bits per heavy atom. The van der Waals surface area contributed by atoms with Gasteiger partial charge in [-0.25, -0.2) is 0 Å². The minimum Gasteiger partial charge on any atom is -0.483 e. The number of hydrogen-bond donors (Lipinski definition) is 1. The summed E-state index contributed by atoms with van der Waals surface area (Å²) < 4.78 is 10.9. The average Bonchev–Trinajstić information content (AvgIpc) is 3.00. The normalized spacial score (nSPS) is 12.2. The number of furan rings is 1. The largest absolute Gasteiger partial charge is 0.483 e. The third-order valence-electron chi connectivity index (χ3n) is 3.59. The molecular formula is C18H23NO3. The molecule has 4 heteroatoms. The van der Waals surface area contributed by atoms with Gasteiger partial charge in [-0.15, -0.1) is 0 Å². The van der Waals surface area contributed by atoms with Crippen molar-refractivity contribution in [2.75, 3.05) is 6.61 Å². The summed E-state index contributed by atoms with van der Waals surface area (Å²) in [5.74, 6) is 1.74. The summed E-state index contributed by atoms with van der Waals surface area (Å²) in [6.45, 7) is 8.11. The van der Waals surface area contributed by atoms with Crippen LogP contribution < -0.4 is 10.1 Å². The molecule has 1 heterocycles. The Hall–Kier alpha value is -2.23. The Bertz CT molecular complexity index is 617. The molecule has 1 amide bonds. The summed E-state index contributed by atoms with van der Waals surface area (Å²) in [6.07, 6.45) is 1.59. The molecule has 0 aliphatic carbocycles. The van der Waals surface area contributed by atoms with Crippen molar-refractivity contribution < 1.29 is 13.9 Å². The molecule has 1 aromatic carbocycles. The van der Waals surface area contributed by atoms with E-state index in [0.717, 1.165) is 17.1 Å². The highest BCUT2D eigenvalue weighted by atomic mass is 16.5. The standard InChI is InChI=1S/C18H23NO3/c1-12(2)15-8-7-13(3)17(10-15)22-11-18(20)19-14(4)16-6-5-9-21-16/h5-10,12,14H,11H2,1-4H3,(H,19,20). The zero-order valence-corrected chi connectivity index (χ0v) is 13.6. The minimum atomic E-state index is -0.172. The highest BCUT2D eigenvalue weighted by Crippen LogP contribution is 2.24. The van der Waals surface area contributed by atoms with E-state index in [1.165, 1.54) is 5.56 Å². The van der Waals surface area contributed by atoms with E-state index in [4.69, 9.17) is 9.15 Å². The van der Waals surface area contributed by atoms with Crippen molar-refractivity contribution in [3.05, 3.63) is 53.5 Å². The molecule has 0 aliphatic rings. The molecule has 118 valence electrons. The molecule has 0 aliphatic heterocycles. The second kappa shape index (κ2) is 7.16. The molecule has 1 unspecified atom stereocenters. The first kappa shape index (κ1) is 16.1. The van der Waals surface area contributed by atoms with Crippen molar-refractivity contribution in [3.8, 4) is 5.75 Å². The topological polar surface area (TPSA) is 51.5 Å². The number of amides is 1. The highest BCUT2D eigenvalue weighted by molar-refractivity contribution is 5.78. The van der Waals surface area contributed by atoms with Gasteiger partial charge < -0.3 is 14.5 Å². The van der Waals surface area contributed by atoms with Gasteiger partial charge >= 0.3 is 0 Å². The molecule has 1 atom stereocenters. The van der Waals surface area contributed by atoms with Crippen LogP contribution in [0.1, 0.15) is 49.6 Å². The maximum atomic E-state index is 12.0. The van der Waals surface area contributed by atoms with Gasteiger partial charge in [-0.2, -0.15) is 0 Å². The quantitative estimate of drug-likeness (QED) is 0.878. The van der Waals surface area contributed by atoms with Gasteiger partial charge in [0.2, 0.25) is 0 Å². The molecule has 1 N–H and O–H groups in total. The fourth-order valence-corrected chi connectivity index (χ4v) is 2.17. The number of ether oxygens (including phenoxy) is 1. The number of nitrogens with one attached hydrogen (secondary N) is 1. The van der Waals surface area contributed by atoms with Crippen molar-refractivity contribution in [1.82, 2.24) is 5.32 Å². The molecular weight excluding hydrogens is 278 g/mol. The second-order valence-corrected chi connectivity index (χ2v) is 5.77. The van der Waals surface area contributed by atoms with Crippen LogP contribution in [0.3, 0.4) is 0 Å². The Morgan fingerprint density at radius 1 is 1.27 bits per heavy atom. The summed E-state index contributed by atoms with van der Waals surface area (Å²) in [7, 11) is 0. The van der Waals surface area contributed by atoms with Crippen molar-refractivity contribution in [3.63, 3.8) is 0 Å². The van der Waals surface area contributed by atoms with Crippen LogP contribution in [0.2, 0.25) is 0 Å². The van der Waals surface area contributed by atoms with Gasteiger partial charge in [0.1, 0.15) is 11.5 Å². The van der Waals surface area contributed by atoms with E-state index in [1.807, 2.05) is 32.0 Å². The number of aryl methyl sites for hydroxylation is 1. The minimum absolute atomic E-state index is 0.00651. The number of hydrogen-bond acceptors (Lipinski definition) is 3. The molecule has 0 bridgehead atoms. The Labute approximate surface area is 131 Å². The number of carbonyl (C=O) groups excluding carboxylic acids is 1. The Morgan fingerprint density at radius 3 is 2.68 bits per heavy atom. The molecule has 22 heavy (non-hydrogen) atoms. The monoisotopic (exact) mass is 301 g/mol. The van der Waals surface area contributed by atoms with E-state index < -0.39 is 0 Å². The van der Waals surface area contributed by atoms with Crippen LogP contribution in [0.15, 0.2) is 41.0 Å². The fraction of sp³-hybridized carbons (Fsp3) is 0.389. The fourth-order valence-electron chi connectivity index (χ4n) is 2.17. The SMILES string of the molecule is Cc1ccc(C(C)C)cc1OCC(=O)NC(C)c1ccco1. The van der Waals surface area contributed by atoms with E-state index >= 15 is 0 Å². The smallest absolute Gasteiger partial charge is 0.258 e. The van der Waals surface area contributed by atoms with Crippen molar-refractivity contribution in [2.24, 2.45) is 0 Å². The first-order valence-corrected chi connectivity index (χ1v) is 7.53. The van der Waals surface area contributed by atoms with E-state index in [-0.39, 0.29) is 18.6 Å². The zero-order chi connectivity index (χ0) is 16.1. The van der Waals surface area contributed by atoms with E-state index in [2.05, 4.69) is 25.2 Å². The predicted molar refractivity (Wildman–Crippen MR) is 86.0 cm³/mol. The number of carbonyl (C=O) groups is 1. The van der Waals surface area contributed by atoms with Gasteiger partial charge in [-0.05, 0) is 49.1 Å². The van der Waals surface area contributed by atoms with Gasteiger partial charge in [0, 0.05) is 0 Å². The van der Waals surface area contributed by atoms with Gasteiger partial charge in [0.05, 0.1) is 12.3 Å². The lowest BCUT2D eigenvalue weighted by atomic mass is 10.0. The summed E-state index contributed by atoms with van der Waals surface area (Å²) >= 11 is 0. The Kier molecular flexibility index (Phi) is 5.26. The second-order valence-electron chi connectivity index (χ2n) is 5.77. The van der Waals surface area contributed by atoms with Crippen molar-refractivity contribution >= 4 is 5.91 Å². The van der Waals surface area contributed by atoms with Gasteiger partial charge in [-0.3, -0.25) is 4.79 Å². The van der Waals surface area contributed by atoms with E-state index in [1.54, 1.807) is 12.3 Å². The third kappa shape index (κ3) is 4.13. The third-order valence-corrected chi connectivity index (χ3v) is 3.59. The first-order valence-electron chi connectivity index (χ1n) is 7.53. The van der Waals surface area contributed by atoms with Gasteiger partial charge in [-0.1, -0.05) is 26.0 Å². The summed E-state index contributed by atoms with van der Waals surface area (Å²) in [5, 5.41) is 2.85. The van der Waals surface area contributed by atoms with Crippen LogP contribution in [0.25, 0.3) is 0 Å². The lowest BCUT2D eigenvalue weighted by Crippen LogP contribution is -2.31. The molecule has 4 nitrogen and oxygen atoms in total. The van der Waals surface area contributed by atoms with Crippen LogP contribution in [0.4, 0.5) is 0 Å². The van der Waals surface area contributed by atoms with Crippen LogP contribution >= 0.6 is 0 Å². The molecule has 0 fully saturated rings. The summed E-state index contributed by atoms with van der Waals surface area (Å²) in [4.78, 5) is 12.0. The Balaban J connectivity index is 1.92. The highest BCUT2D eigenvalue weighted by Gasteiger charge is 2.13. The van der Waals surface area contributed by atoms with Gasteiger partial charge in [0.25, 0.3) is 5.91 Å². The molecule has 1 aromatic heterocycles. The molecule has 0 saturated heterocycles. The first-order chi connectivity index (χ1) is 10.5. The molecule has 2 rings (SSSR count). The average molecular weight is 301 g/mol. The molecule has 0 saturated carbocycles. The lowest BCUT2D eigenvalue weighted by Gasteiger charge is -2.14. The van der Waals surface area contributed by atoms with Crippen LogP contribution in [0, 0.1) is 6.92 Å². The zero-order valence-electron chi connectivity index (χ0n) is 13.6. The molecule has 2 aromatic rings. The van der Waals surface area contributed by atoms with Crippen LogP contribution in [0.5, 0.6) is 5.75 Å². The predicted octanol–water partition coefficient (Wildman–Crippen LogP) is 3.97. The maximum absolute atomic E-state index is 12.0. The van der Waals surface area contributed by atoms with Crippen LogP contribution in [-0.2, 0) is 4.79 Å². The number of benzene rings is 1. The maximum Gasteiger partial charge on any atom is 0.258 e. The van der Waals surface area contributed by atoms with Crippen LogP contribution in [-0.4, -0.2) is 12.5 Å². The van der Waals surface area contributed by atoms with Gasteiger partial charge in [0.15, 0.2) is 6.61 Å². The van der Waals surface area contributed by atoms with E-state index in [9.17, 15) is 4.79 Å². The molecule has 0 radical (unpaired) electrons. The molecule has 0 spiro atoms. The summed E-state index contributed by atoms with van der Waals surface area (Å²) in [5.41, 5.74) is 2.22.